The van der Waals surface area contributed by atoms with Crippen LogP contribution in [0.4, 0.5) is 0 Å². The van der Waals surface area contributed by atoms with Crippen molar-refractivity contribution < 1.29 is 14.2 Å². The predicted octanol–water partition coefficient (Wildman–Crippen LogP) is 4.08. The van der Waals surface area contributed by atoms with Gasteiger partial charge in [0.25, 0.3) is 0 Å². The number of ether oxygens (including phenoxy) is 3. The zero-order valence-corrected chi connectivity index (χ0v) is 21.4. The highest BCUT2D eigenvalue weighted by Gasteiger charge is 2.10. The van der Waals surface area contributed by atoms with Crippen molar-refractivity contribution in [3.05, 3.63) is 53.2 Å². The maximum atomic E-state index is 6.10. The molecule has 1 unspecified atom stereocenters. The molecule has 0 aliphatic rings. The quantitative estimate of drug-likeness (QED) is 0.193. The topological polar surface area (TPSA) is 77.0 Å². The molecule has 8 heteroatoms. The molecule has 31 heavy (non-hydrogen) atoms. The second-order valence-corrected chi connectivity index (χ2v) is 7.04. The molecule has 0 saturated carbocycles. The first-order valence-electron chi connectivity index (χ1n) is 10.3. The van der Waals surface area contributed by atoms with E-state index in [1.807, 2.05) is 12.1 Å². The Morgan fingerprint density at radius 2 is 1.87 bits per heavy atom. The molecule has 0 aliphatic carbocycles. The molecule has 0 amide bonds. The van der Waals surface area contributed by atoms with Gasteiger partial charge in [0.05, 0.1) is 12.7 Å². The Morgan fingerprint density at radius 1 is 1.13 bits per heavy atom. The number of guanidine groups is 1. The van der Waals surface area contributed by atoms with Gasteiger partial charge < -0.3 is 24.8 Å². The van der Waals surface area contributed by atoms with Gasteiger partial charge in [-0.25, -0.2) is 4.98 Å². The third kappa shape index (κ3) is 9.30. The first kappa shape index (κ1) is 27.0. The molecule has 2 N–H and O–H groups in total. The van der Waals surface area contributed by atoms with Crippen LogP contribution in [-0.4, -0.2) is 44.4 Å². The summed E-state index contributed by atoms with van der Waals surface area (Å²) in [6, 6.07) is 10.1. The van der Waals surface area contributed by atoms with Crippen LogP contribution >= 0.6 is 24.0 Å². The lowest BCUT2D eigenvalue weighted by atomic mass is 10.1. The van der Waals surface area contributed by atoms with Crippen molar-refractivity contribution in [2.75, 3.05) is 27.4 Å². The molecule has 2 aromatic rings. The van der Waals surface area contributed by atoms with Crippen molar-refractivity contribution in [1.82, 2.24) is 15.6 Å². The van der Waals surface area contributed by atoms with E-state index in [1.165, 1.54) is 5.56 Å². The summed E-state index contributed by atoms with van der Waals surface area (Å²) >= 11 is 0. The number of nitrogens with zero attached hydrogens (tertiary/aromatic N) is 2. The minimum Gasteiger partial charge on any atom is -0.490 e. The number of hydrogen-bond acceptors (Lipinski definition) is 5. The van der Waals surface area contributed by atoms with Crippen molar-refractivity contribution in [2.24, 2.45) is 4.99 Å². The van der Waals surface area contributed by atoms with E-state index < -0.39 is 0 Å². The summed E-state index contributed by atoms with van der Waals surface area (Å²) in [5.41, 5.74) is 3.22. The average Bonchev–Trinajstić information content (AvgIpc) is 2.76. The van der Waals surface area contributed by atoms with Crippen molar-refractivity contribution in [3.8, 4) is 11.6 Å². The van der Waals surface area contributed by atoms with E-state index in [1.54, 1.807) is 20.4 Å². The van der Waals surface area contributed by atoms with Gasteiger partial charge in [0.1, 0.15) is 12.4 Å². The molecule has 0 spiro atoms. The normalized spacial score (nSPS) is 12.0. The van der Waals surface area contributed by atoms with Gasteiger partial charge >= 0.3 is 0 Å². The van der Waals surface area contributed by atoms with Crippen molar-refractivity contribution >= 4 is 29.9 Å². The highest BCUT2D eigenvalue weighted by Crippen LogP contribution is 2.22. The van der Waals surface area contributed by atoms with Crippen LogP contribution in [0.5, 0.6) is 11.6 Å². The number of methoxy groups -OCH3 is 1. The summed E-state index contributed by atoms with van der Waals surface area (Å²) in [7, 11) is 3.40. The van der Waals surface area contributed by atoms with Crippen LogP contribution in [0.2, 0.25) is 0 Å². The van der Waals surface area contributed by atoms with Crippen LogP contribution in [0, 0.1) is 6.92 Å². The van der Waals surface area contributed by atoms with E-state index in [9.17, 15) is 0 Å². The molecular formula is C23H35IN4O3. The monoisotopic (exact) mass is 542 g/mol. The Balaban J connectivity index is 0.00000480. The lowest BCUT2D eigenvalue weighted by Gasteiger charge is -2.18. The van der Waals surface area contributed by atoms with Gasteiger partial charge in [-0.3, -0.25) is 4.99 Å². The molecular weight excluding hydrogens is 507 g/mol. The fourth-order valence-corrected chi connectivity index (χ4v) is 2.71. The molecule has 0 bridgehead atoms. The summed E-state index contributed by atoms with van der Waals surface area (Å²) in [5, 5.41) is 6.67. The summed E-state index contributed by atoms with van der Waals surface area (Å²) in [5.74, 6) is 2.20. The smallest absolute Gasteiger partial charge is 0.218 e. The second kappa shape index (κ2) is 14.9. The van der Waals surface area contributed by atoms with Crippen molar-refractivity contribution in [2.45, 2.75) is 46.4 Å². The highest BCUT2D eigenvalue weighted by atomic mass is 127. The summed E-state index contributed by atoms with van der Waals surface area (Å²) < 4.78 is 16.8. The first-order valence-corrected chi connectivity index (χ1v) is 10.3. The van der Waals surface area contributed by atoms with Crippen molar-refractivity contribution in [1.29, 1.82) is 0 Å². The minimum atomic E-state index is 0. The molecule has 0 radical (unpaired) electrons. The van der Waals surface area contributed by atoms with Gasteiger partial charge in [0.2, 0.25) is 5.88 Å². The van der Waals surface area contributed by atoms with Gasteiger partial charge in [0.15, 0.2) is 5.96 Å². The lowest BCUT2D eigenvalue weighted by Crippen LogP contribution is -2.36. The molecule has 0 saturated heterocycles. The molecule has 1 atom stereocenters. The SMILES string of the molecule is CCC(C)Oc1cc(C)ccc1CNC(=NC)NCc1cccnc1OCCOC.I. The van der Waals surface area contributed by atoms with E-state index in [2.05, 4.69) is 59.6 Å². The van der Waals surface area contributed by atoms with Gasteiger partial charge in [-0.15, -0.1) is 24.0 Å². The highest BCUT2D eigenvalue weighted by molar-refractivity contribution is 14.0. The molecule has 2 rings (SSSR count). The molecule has 1 heterocycles. The summed E-state index contributed by atoms with van der Waals surface area (Å²) in [6.07, 6.45) is 2.85. The first-order chi connectivity index (χ1) is 14.6. The maximum Gasteiger partial charge on any atom is 0.218 e. The van der Waals surface area contributed by atoms with Gasteiger partial charge in [-0.2, -0.15) is 0 Å². The molecule has 0 aliphatic heterocycles. The lowest BCUT2D eigenvalue weighted by molar-refractivity contribution is 0.143. The number of rotatable bonds is 11. The molecule has 1 aromatic heterocycles. The van der Waals surface area contributed by atoms with Crippen molar-refractivity contribution in [3.63, 3.8) is 0 Å². The summed E-state index contributed by atoms with van der Waals surface area (Å²) in [6.45, 7) is 8.40. The fraction of sp³-hybridized carbons (Fsp3) is 0.478. The fourth-order valence-electron chi connectivity index (χ4n) is 2.71. The number of aromatic nitrogens is 1. The molecule has 1 aromatic carbocycles. The third-order valence-electron chi connectivity index (χ3n) is 4.62. The largest absolute Gasteiger partial charge is 0.490 e. The van der Waals surface area contributed by atoms with Gasteiger partial charge in [0, 0.05) is 44.6 Å². The van der Waals surface area contributed by atoms with Crippen LogP contribution in [0.15, 0.2) is 41.5 Å². The second-order valence-electron chi connectivity index (χ2n) is 7.04. The van der Waals surface area contributed by atoms with Gasteiger partial charge in [-0.05, 0) is 38.0 Å². The van der Waals surface area contributed by atoms with Crippen LogP contribution in [0.25, 0.3) is 0 Å². The molecule has 0 fully saturated rings. The van der Waals surface area contributed by atoms with E-state index >= 15 is 0 Å². The molecule has 7 nitrogen and oxygen atoms in total. The number of pyridine rings is 1. The number of aliphatic imine (C=N–C) groups is 1. The average molecular weight is 542 g/mol. The number of aryl methyl sites for hydroxylation is 1. The Hall–Kier alpha value is -2.07. The van der Waals surface area contributed by atoms with E-state index in [-0.39, 0.29) is 30.1 Å². The number of hydrogen-bond donors (Lipinski definition) is 2. The van der Waals surface area contributed by atoms with Crippen LogP contribution in [0.3, 0.4) is 0 Å². The maximum absolute atomic E-state index is 6.10. The van der Waals surface area contributed by atoms with E-state index in [0.717, 1.165) is 23.3 Å². The van der Waals surface area contributed by atoms with Crippen LogP contribution in [-0.2, 0) is 17.8 Å². The molecule has 172 valence electrons. The number of nitrogens with one attached hydrogen (secondary N) is 2. The van der Waals surface area contributed by atoms with E-state index in [0.29, 0.717) is 38.1 Å². The zero-order chi connectivity index (χ0) is 21.8. The van der Waals surface area contributed by atoms with Crippen LogP contribution in [0.1, 0.15) is 37.0 Å². The third-order valence-corrected chi connectivity index (χ3v) is 4.62. The summed E-state index contributed by atoms with van der Waals surface area (Å²) in [4.78, 5) is 8.63. The predicted molar refractivity (Wildman–Crippen MR) is 136 cm³/mol. The van der Waals surface area contributed by atoms with E-state index in [4.69, 9.17) is 14.2 Å². The Kier molecular flexibility index (Phi) is 12.9. The number of benzene rings is 1. The van der Waals surface area contributed by atoms with Crippen LogP contribution < -0.4 is 20.1 Å². The Bertz CT molecular complexity index is 817. The number of halogens is 1. The standard InChI is InChI=1S/C23H34N4O3.HI/c1-6-18(3)30-21-14-17(2)9-10-19(21)15-26-23(24-4)27-16-20-8-7-11-25-22(20)29-13-12-28-5;/h7-11,14,18H,6,12-13,15-16H2,1-5H3,(H2,24,26,27);1H. The van der Waals surface area contributed by atoms with Gasteiger partial charge in [-0.1, -0.05) is 25.1 Å². The zero-order valence-electron chi connectivity index (χ0n) is 19.1. The Morgan fingerprint density at radius 3 is 2.55 bits per heavy atom. The Labute approximate surface area is 203 Å². The minimum absolute atomic E-state index is 0.